The molecule has 4 heterocycles. The molecular weight excluding hydrogens is 318 g/mol. The maximum Gasteiger partial charge on any atom is 0.272 e. The van der Waals surface area contributed by atoms with E-state index in [1.807, 2.05) is 17.2 Å². The van der Waals surface area contributed by atoms with Crippen LogP contribution in [0.15, 0.2) is 36.8 Å². The third kappa shape index (κ3) is 3.26. The van der Waals surface area contributed by atoms with Gasteiger partial charge in [0.25, 0.3) is 5.91 Å². The van der Waals surface area contributed by atoms with Crippen LogP contribution in [0.4, 0.5) is 0 Å². The van der Waals surface area contributed by atoms with Crippen molar-refractivity contribution in [2.45, 2.75) is 25.9 Å². The third-order valence-corrected chi connectivity index (χ3v) is 4.89. The predicted molar refractivity (Wildman–Crippen MR) is 90.5 cm³/mol. The summed E-state index contributed by atoms with van der Waals surface area (Å²) < 4.78 is 2.09. The highest BCUT2D eigenvalue weighted by Crippen LogP contribution is 2.20. The number of amides is 2. The van der Waals surface area contributed by atoms with Crippen LogP contribution < -0.4 is 0 Å². The van der Waals surface area contributed by atoms with Gasteiger partial charge in [-0.3, -0.25) is 14.6 Å². The van der Waals surface area contributed by atoms with Crippen LogP contribution in [0.1, 0.15) is 29.2 Å². The summed E-state index contributed by atoms with van der Waals surface area (Å²) in [5.41, 5.74) is 0.443. The number of hydrogen-bond acceptors (Lipinski definition) is 4. The standard InChI is InChI=1S/C18H21N5O2/c24-17-5-3-8-22(17)11-14-10-21-9-7-20-16(21)13-23(12-14)18(25)15-4-1-2-6-19-15/h1-2,4,6-7,9,14H,3,5,8,10-13H2. The van der Waals surface area contributed by atoms with E-state index in [1.54, 1.807) is 29.4 Å². The van der Waals surface area contributed by atoms with Crippen LogP contribution >= 0.6 is 0 Å². The van der Waals surface area contributed by atoms with E-state index < -0.39 is 0 Å². The van der Waals surface area contributed by atoms with Crippen LogP contribution in [0, 0.1) is 5.92 Å². The number of likely N-dealkylation sites (tertiary alicyclic amines) is 1. The normalized spacial score (nSPS) is 20.5. The van der Waals surface area contributed by atoms with Crippen molar-refractivity contribution >= 4 is 11.8 Å². The molecule has 2 aromatic rings. The molecule has 130 valence electrons. The number of pyridine rings is 1. The fourth-order valence-electron chi connectivity index (χ4n) is 3.67. The zero-order valence-corrected chi connectivity index (χ0v) is 14.0. The van der Waals surface area contributed by atoms with Crippen molar-refractivity contribution < 1.29 is 9.59 Å². The first-order valence-corrected chi connectivity index (χ1v) is 8.69. The predicted octanol–water partition coefficient (Wildman–Crippen LogP) is 1.17. The molecule has 2 aromatic heterocycles. The van der Waals surface area contributed by atoms with E-state index in [0.717, 1.165) is 25.3 Å². The lowest BCUT2D eigenvalue weighted by Crippen LogP contribution is -2.39. The van der Waals surface area contributed by atoms with Crippen LogP contribution in [-0.2, 0) is 17.9 Å². The second-order valence-corrected chi connectivity index (χ2v) is 6.71. The SMILES string of the molecule is O=C1CCCN1CC1CN(C(=O)c2ccccn2)Cc2nccn2C1. The van der Waals surface area contributed by atoms with Gasteiger partial charge >= 0.3 is 0 Å². The Kier molecular flexibility index (Phi) is 4.21. The van der Waals surface area contributed by atoms with Crippen LogP contribution in [-0.4, -0.2) is 55.8 Å². The lowest BCUT2D eigenvalue weighted by Gasteiger charge is -2.27. The minimum Gasteiger partial charge on any atom is -0.342 e. The molecule has 0 aliphatic carbocycles. The molecule has 0 N–H and O–H groups in total. The molecule has 0 bridgehead atoms. The van der Waals surface area contributed by atoms with E-state index in [1.165, 1.54) is 0 Å². The Morgan fingerprint density at radius 2 is 2.12 bits per heavy atom. The van der Waals surface area contributed by atoms with Gasteiger partial charge < -0.3 is 14.4 Å². The van der Waals surface area contributed by atoms with Crippen molar-refractivity contribution in [3.63, 3.8) is 0 Å². The summed E-state index contributed by atoms with van der Waals surface area (Å²) in [6.45, 7) is 3.34. The summed E-state index contributed by atoms with van der Waals surface area (Å²) in [7, 11) is 0. The summed E-state index contributed by atoms with van der Waals surface area (Å²) >= 11 is 0. The Bertz CT molecular complexity index is 773. The molecule has 1 saturated heterocycles. The Morgan fingerprint density at radius 3 is 2.88 bits per heavy atom. The molecule has 2 amide bonds. The molecule has 0 spiro atoms. The maximum absolute atomic E-state index is 12.9. The van der Waals surface area contributed by atoms with Gasteiger partial charge in [-0.1, -0.05) is 6.07 Å². The largest absolute Gasteiger partial charge is 0.342 e. The van der Waals surface area contributed by atoms with Crippen LogP contribution in [0.3, 0.4) is 0 Å². The van der Waals surface area contributed by atoms with Crippen molar-refractivity contribution in [2.75, 3.05) is 19.6 Å². The van der Waals surface area contributed by atoms with E-state index in [9.17, 15) is 9.59 Å². The summed E-state index contributed by atoms with van der Waals surface area (Å²) in [4.78, 5) is 37.2. The molecule has 25 heavy (non-hydrogen) atoms. The van der Waals surface area contributed by atoms with Gasteiger partial charge in [0, 0.05) is 57.1 Å². The number of hydrogen-bond donors (Lipinski definition) is 0. The van der Waals surface area contributed by atoms with Crippen LogP contribution in [0.5, 0.6) is 0 Å². The van der Waals surface area contributed by atoms with Gasteiger partial charge in [0.2, 0.25) is 5.91 Å². The molecule has 4 rings (SSSR count). The highest BCUT2D eigenvalue weighted by atomic mass is 16.2. The van der Waals surface area contributed by atoms with E-state index in [0.29, 0.717) is 31.7 Å². The minimum absolute atomic E-state index is 0.0881. The van der Waals surface area contributed by atoms with Crippen LogP contribution in [0.25, 0.3) is 0 Å². The molecule has 1 atom stereocenters. The van der Waals surface area contributed by atoms with Gasteiger partial charge in [-0.05, 0) is 18.6 Å². The first-order chi connectivity index (χ1) is 12.2. The summed E-state index contributed by atoms with van der Waals surface area (Å²) in [5, 5.41) is 0. The Labute approximate surface area is 146 Å². The molecule has 7 nitrogen and oxygen atoms in total. The van der Waals surface area contributed by atoms with E-state index >= 15 is 0 Å². The number of carbonyl (C=O) groups excluding carboxylic acids is 2. The maximum atomic E-state index is 12.9. The van der Waals surface area contributed by atoms with Crippen molar-refractivity contribution in [1.82, 2.24) is 24.3 Å². The van der Waals surface area contributed by atoms with Crippen molar-refractivity contribution in [3.05, 3.63) is 48.3 Å². The Balaban J connectivity index is 1.57. The number of rotatable bonds is 3. The average molecular weight is 339 g/mol. The molecule has 7 heteroatoms. The summed E-state index contributed by atoms with van der Waals surface area (Å²) in [6.07, 6.45) is 6.91. The number of aromatic nitrogens is 3. The molecule has 2 aliphatic rings. The van der Waals surface area contributed by atoms with Gasteiger partial charge in [0.05, 0.1) is 6.54 Å². The molecule has 1 fully saturated rings. The van der Waals surface area contributed by atoms with Crippen molar-refractivity contribution in [3.8, 4) is 0 Å². The number of carbonyl (C=O) groups is 2. The smallest absolute Gasteiger partial charge is 0.272 e. The molecule has 0 saturated carbocycles. The zero-order valence-electron chi connectivity index (χ0n) is 14.0. The Morgan fingerprint density at radius 1 is 1.20 bits per heavy atom. The molecule has 1 unspecified atom stereocenters. The topological polar surface area (TPSA) is 71.3 Å². The summed E-state index contributed by atoms with van der Waals surface area (Å²) in [5.74, 6) is 1.19. The van der Waals surface area contributed by atoms with Gasteiger partial charge in [-0.2, -0.15) is 0 Å². The fraction of sp³-hybridized carbons (Fsp3) is 0.444. The van der Waals surface area contributed by atoms with Gasteiger partial charge in [0.15, 0.2) is 0 Å². The second kappa shape index (κ2) is 6.66. The monoisotopic (exact) mass is 339 g/mol. The second-order valence-electron chi connectivity index (χ2n) is 6.71. The first-order valence-electron chi connectivity index (χ1n) is 8.69. The fourth-order valence-corrected chi connectivity index (χ4v) is 3.67. The van der Waals surface area contributed by atoms with E-state index in [2.05, 4.69) is 14.5 Å². The zero-order chi connectivity index (χ0) is 17.2. The third-order valence-electron chi connectivity index (χ3n) is 4.89. The molecule has 2 aliphatic heterocycles. The van der Waals surface area contributed by atoms with Gasteiger partial charge in [-0.15, -0.1) is 0 Å². The van der Waals surface area contributed by atoms with E-state index in [-0.39, 0.29) is 17.7 Å². The average Bonchev–Trinajstić information content (AvgIpc) is 3.19. The van der Waals surface area contributed by atoms with E-state index in [4.69, 9.17) is 0 Å². The van der Waals surface area contributed by atoms with Crippen LogP contribution in [0.2, 0.25) is 0 Å². The van der Waals surface area contributed by atoms with Gasteiger partial charge in [0.1, 0.15) is 11.5 Å². The lowest BCUT2D eigenvalue weighted by molar-refractivity contribution is -0.128. The Hall–Kier alpha value is -2.70. The number of nitrogens with zero attached hydrogens (tertiary/aromatic N) is 5. The number of fused-ring (bicyclic) bond motifs is 1. The van der Waals surface area contributed by atoms with Crippen molar-refractivity contribution in [2.24, 2.45) is 5.92 Å². The molecule has 0 radical (unpaired) electrons. The highest BCUT2D eigenvalue weighted by Gasteiger charge is 2.30. The summed E-state index contributed by atoms with van der Waals surface area (Å²) in [6, 6.07) is 5.35. The molecular formula is C18H21N5O2. The minimum atomic E-state index is -0.0881. The lowest BCUT2D eigenvalue weighted by atomic mass is 10.1. The first kappa shape index (κ1) is 15.8. The van der Waals surface area contributed by atoms with Gasteiger partial charge in [-0.25, -0.2) is 4.98 Å². The van der Waals surface area contributed by atoms with Crippen molar-refractivity contribution in [1.29, 1.82) is 0 Å². The molecule has 0 aromatic carbocycles. The quantitative estimate of drug-likeness (QED) is 0.842. The highest BCUT2D eigenvalue weighted by molar-refractivity contribution is 5.92. The number of imidazole rings is 1.